The molecule has 0 unspecified atom stereocenters. The van der Waals surface area contributed by atoms with Crippen LogP contribution in [-0.4, -0.2) is 32.5 Å². The Morgan fingerprint density at radius 1 is 0.939 bits per heavy atom. The Bertz CT molecular complexity index is 735. The predicted molar refractivity (Wildman–Crippen MR) is 150 cm³/mol. The van der Waals surface area contributed by atoms with Gasteiger partial charge in [0.1, 0.15) is 5.76 Å². The lowest BCUT2D eigenvalue weighted by molar-refractivity contribution is 0.307. The maximum atomic E-state index is 5.30. The maximum Gasteiger partial charge on any atom is 0.118 e. The van der Waals surface area contributed by atoms with Gasteiger partial charge >= 0.3 is 0 Å². The molecule has 0 radical (unpaired) electrons. The highest BCUT2D eigenvalue weighted by atomic mass is 16.5. The summed E-state index contributed by atoms with van der Waals surface area (Å²) in [6.07, 6.45) is 15.8. The third kappa shape index (κ3) is 11.9. The zero-order valence-electron chi connectivity index (χ0n) is 22.8. The topological polar surface area (TPSA) is 24.8 Å². The lowest BCUT2D eigenvalue weighted by Crippen LogP contribution is -2.25. The van der Waals surface area contributed by atoms with E-state index in [2.05, 4.69) is 62.1 Å². The van der Waals surface area contributed by atoms with Crippen LogP contribution in [0.25, 0.3) is 0 Å². The van der Waals surface area contributed by atoms with Gasteiger partial charge in [-0.3, -0.25) is 4.99 Å². The lowest BCUT2D eigenvalue weighted by atomic mass is 10.1. The average molecular weight is 455 g/mol. The molecule has 1 aliphatic heterocycles. The molecule has 1 aliphatic carbocycles. The SMILES string of the molecule is CC.CC.CCC.COC1=CC=C(CN=C(C)c2ccccc2N2CCCCCC2)CC=C1. The maximum absolute atomic E-state index is 5.30. The molecule has 3 rings (SSSR count). The van der Waals surface area contributed by atoms with Crippen LogP contribution in [0.2, 0.25) is 0 Å². The van der Waals surface area contributed by atoms with Crippen LogP contribution in [0.1, 0.15) is 92.6 Å². The first-order valence-corrected chi connectivity index (χ1v) is 13.1. The molecule has 0 saturated carbocycles. The number of aliphatic imine (C=N–C) groups is 1. The van der Waals surface area contributed by atoms with E-state index in [4.69, 9.17) is 9.73 Å². The quantitative estimate of drug-likeness (QED) is 0.415. The monoisotopic (exact) mass is 454 g/mol. The number of nitrogens with zero attached hydrogens (tertiary/aromatic N) is 2. The van der Waals surface area contributed by atoms with Crippen LogP contribution in [0.15, 0.2) is 64.9 Å². The first-order valence-electron chi connectivity index (χ1n) is 13.1. The van der Waals surface area contributed by atoms with Crippen LogP contribution in [0.4, 0.5) is 5.69 Å². The molecule has 0 atom stereocenters. The van der Waals surface area contributed by atoms with Gasteiger partial charge in [0.25, 0.3) is 0 Å². The number of para-hydroxylation sites is 1. The largest absolute Gasteiger partial charge is 0.497 e. The third-order valence-electron chi connectivity index (χ3n) is 5.14. The van der Waals surface area contributed by atoms with Gasteiger partial charge in [0, 0.05) is 30.1 Å². The minimum Gasteiger partial charge on any atom is -0.497 e. The van der Waals surface area contributed by atoms with Crippen LogP contribution in [0, 0.1) is 0 Å². The lowest BCUT2D eigenvalue weighted by Gasteiger charge is -2.25. The van der Waals surface area contributed by atoms with Gasteiger partial charge in [0.2, 0.25) is 0 Å². The third-order valence-corrected chi connectivity index (χ3v) is 5.14. The Hall–Kier alpha value is -2.29. The molecule has 1 aromatic rings. The highest BCUT2D eigenvalue weighted by Gasteiger charge is 2.14. The number of allylic oxidation sites excluding steroid dienone is 4. The van der Waals surface area contributed by atoms with Gasteiger partial charge in [-0.2, -0.15) is 0 Å². The smallest absolute Gasteiger partial charge is 0.118 e. The molecule has 0 aromatic heterocycles. The van der Waals surface area contributed by atoms with Gasteiger partial charge in [-0.15, -0.1) is 0 Å². The van der Waals surface area contributed by atoms with E-state index >= 15 is 0 Å². The molecule has 0 spiro atoms. The molecule has 186 valence electrons. The zero-order valence-corrected chi connectivity index (χ0v) is 22.8. The summed E-state index contributed by atoms with van der Waals surface area (Å²) in [5.74, 6) is 0.896. The number of ether oxygens (including phenoxy) is 1. The first-order chi connectivity index (χ1) is 16.2. The van der Waals surface area contributed by atoms with Gasteiger partial charge in [-0.05, 0) is 50.0 Å². The van der Waals surface area contributed by atoms with Crippen LogP contribution >= 0.6 is 0 Å². The number of rotatable bonds is 5. The molecule has 0 bridgehead atoms. The number of hydrogen-bond donors (Lipinski definition) is 0. The van der Waals surface area contributed by atoms with Gasteiger partial charge in [-0.1, -0.05) is 91.2 Å². The van der Waals surface area contributed by atoms with Crippen molar-refractivity contribution in [3.8, 4) is 0 Å². The first kappa shape index (κ1) is 30.7. The second-order valence-electron chi connectivity index (χ2n) is 7.73. The van der Waals surface area contributed by atoms with Crippen molar-refractivity contribution >= 4 is 11.4 Å². The summed E-state index contributed by atoms with van der Waals surface area (Å²) in [4.78, 5) is 7.45. The van der Waals surface area contributed by atoms with Gasteiger partial charge in [0.15, 0.2) is 0 Å². The molecule has 0 N–H and O–H groups in total. The highest BCUT2D eigenvalue weighted by molar-refractivity contribution is 6.03. The van der Waals surface area contributed by atoms with Crippen molar-refractivity contribution in [1.82, 2.24) is 0 Å². The van der Waals surface area contributed by atoms with E-state index in [-0.39, 0.29) is 0 Å². The summed E-state index contributed by atoms with van der Waals surface area (Å²) >= 11 is 0. The molecular formula is C30H50N2O. The van der Waals surface area contributed by atoms with Crippen molar-refractivity contribution in [2.75, 3.05) is 31.6 Å². The van der Waals surface area contributed by atoms with Gasteiger partial charge in [-0.25, -0.2) is 0 Å². The van der Waals surface area contributed by atoms with Crippen molar-refractivity contribution in [1.29, 1.82) is 0 Å². The summed E-state index contributed by atoms with van der Waals surface area (Å²) in [5, 5.41) is 0. The van der Waals surface area contributed by atoms with E-state index < -0.39 is 0 Å². The Morgan fingerprint density at radius 2 is 1.55 bits per heavy atom. The van der Waals surface area contributed by atoms with Crippen LogP contribution < -0.4 is 4.90 Å². The van der Waals surface area contributed by atoms with Crippen molar-refractivity contribution in [3.05, 3.63) is 65.5 Å². The summed E-state index contributed by atoms with van der Waals surface area (Å²) < 4.78 is 5.30. The van der Waals surface area contributed by atoms with Crippen molar-refractivity contribution in [3.63, 3.8) is 0 Å². The van der Waals surface area contributed by atoms with E-state index in [1.807, 2.05) is 39.8 Å². The Morgan fingerprint density at radius 3 is 2.15 bits per heavy atom. The highest BCUT2D eigenvalue weighted by Crippen LogP contribution is 2.24. The fourth-order valence-corrected chi connectivity index (χ4v) is 3.58. The molecule has 1 fully saturated rings. The minimum absolute atomic E-state index is 0.734. The molecular weight excluding hydrogens is 404 g/mol. The van der Waals surface area contributed by atoms with Crippen LogP contribution in [0.5, 0.6) is 0 Å². The number of hydrogen-bond acceptors (Lipinski definition) is 3. The summed E-state index contributed by atoms with van der Waals surface area (Å²) in [7, 11) is 1.71. The summed E-state index contributed by atoms with van der Waals surface area (Å²) in [6, 6.07) is 8.73. The molecule has 1 heterocycles. The number of benzene rings is 1. The van der Waals surface area contributed by atoms with Crippen molar-refractivity contribution in [2.45, 2.75) is 87.0 Å². The van der Waals surface area contributed by atoms with Crippen molar-refractivity contribution in [2.24, 2.45) is 4.99 Å². The Balaban J connectivity index is 0.00000132. The van der Waals surface area contributed by atoms with Crippen LogP contribution in [0.3, 0.4) is 0 Å². The van der Waals surface area contributed by atoms with E-state index in [0.717, 1.165) is 37.5 Å². The molecule has 0 amide bonds. The second-order valence-corrected chi connectivity index (χ2v) is 7.73. The number of anilines is 1. The van der Waals surface area contributed by atoms with Crippen molar-refractivity contribution < 1.29 is 4.74 Å². The summed E-state index contributed by atoms with van der Waals surface area (Å²) in [5.41, 5.74) is 5.04. The fourth-order valence-electron chi connectivity index (χ4n) is 3.58. The van der Waals surface area contributed by atoms with Crippen LogP contribution in [-0.2, 0) is 4.74 Å². The number of methoxy groups -OCH3 is 1. The predicted octanol–water partition coefficient (Wildman–Crippen LogP) is 8.76. The molecule has 33 heavy (non-hydrogen) atoms. The fraction of sp³-hybridized carbons (Fsp3) is 0.567. The average Bonchev–Trinajstić information content (AvgIpc) is 3.29. The van der Waals surface area contributed by atoms with E-state index in [9.17, 15) is 0 Å². The molecule has 3 heteroatoms. The normalized spacial score (nSPS) is 15.6. The molecule has 1 saturated heterocycles. The zero-order chi connectivity index (χ0) is 24.9. The van der Waals surface area contributed by atoms with Gasteiger partial charge in [0.05, 0.1) is 13.7 Å². The molecule has 1 aromatic carbocycles. The van der Waals surface area contributed by atoms with E-state index in [1.165, 1.54) is 48.9 Å². The Labute approximate surface area is 205 Å². The standard InChI is InChI=1S/C23H30N2O.C3H8.2C2H6/c1-19(24-18-20-10-9-11-21(26-2)15-14-20)22-12-5-6-13-23(22)25-16-7-3-4-8-17-25;1-3-2;2*1-2/h5-6,9,11-15H,3-4,7-8,10,16-18H2,1-2H3;3H2,1-2H3;2*1-2H3. The molecule has 2 aliphatic rings. The van der Waals surface area contributed by atoms with E-state index in [1.54, 1.807) is 7.11 Å². The second kappa shape index (κ2) is 20.3. The Kier molecular flexibility index (Phi) is 18.9. The van der Waals surface area contributed by atoms with E-state index in [0.29, 0.717) is 0 Å². The minimum atomic E-state index is 0.734. The molecule has 3 nitrogen and oxygen atoms in total. The summed E-state index contributed by atoms with van der Waals surface area (Å²) in [6.45, 7) is 17.4. The van der Waals surface area contributed by atoms with Gasteiger partial charge < -0.3 is 9.64 Å².